The number of aromatic nitrogens is 8. The van der Waals surface area contributed by atoms with Crippen molar-refractivity contribution in [3.8, 4) is 0 Å². The highest BCUT2D eigenvalue weighted by Gasteiger charge is 2.55. The van der Waals surface area contributed by atoms with Crippen molar-refractivity contribution in [1.29, 1.82) is 0 Å². The number of hydrogen-bond donors (Lipinski definition) is 4. The van der Waals surface area contributed by atoms with Crippen molar-refractivity contribution >= 4 is 60.4 Å². The fraction of sp³-hybridized carbons (Fsp3) is 0.565. The number of ether oxygens (including phenoxy) is 2. The number of anilines is 2. The van der Waals surface area contributed by atoms with Crippen molar-refractivity contribution in [1.82, 2.24) is 39.0 Å². The summed E-state index contributed by atoms with van der Waals surface area (Å²) in [6, 6.07) is 0. The van der Waals surface area contributed by atoms with Crippen LogP contribution in [0.4, 0.5) is 11.6 Å². The van der Waals surface area contributed by atoms with Gasteiger partial charge >= 0.3 is 15.1 Å². The molecule has 0 amide bonds. The van der Waals surface area contributed by atoms with Crippen LogP contribution in [0, 0.1) is 0 Å². The van der Waals surface area contributed by atoms with E-state index >= 15 is 0 Å². The Kier molecular flexibility index (Phi) is 8.43. The second-order valence-electron chi connectivity index (χ2n) is 10.8. The van der Waals surface area contributed by atoms with Gasteiger partial charge in [0.25, 0.3) is 0 Å². The summed E-state index contributed by atoms with van der Waals surface area (Å²) < 4.78 is 65.7. The molecule has 0 aromatic carbocycles. The Morgan fingerprint density at radius 1 is 0.891 bits per heavy atom. The van der Waals surface area contributed by atoms with Gasteiger partial charge in [-0.05, 0) is 11.4 Å². The van der Waals surface area contributed by atoms with Gasteiger partial charge in [-0.2, -0.15) is 0 Å². The predicted octanol–water partition coefficient (Wildman–Crippen LogP) is 1.07. The molecule has 0 aliphatic carbocycles. The third-order valence-electron chi connectivity index (χ3n) is 7.48. The molecule has 0 saturated carbocycles. The van der Waals surface area contributed by atoms with Crippen molar-refractivity contribution in [3.63, 3.8) is 0 Å². The van der Waals surface area contributed by atoms with E-state index in [1.807, 2.05) is 0 Å². The Morgan fingerprint density at radius 2 is 1.50 bits per heavy atom. The minimum atomic E-state index is -4.11. The first kappa shape index (κ1) is 31.6. The number of nitrogen functional groups attached to an aromatic ring is 2. The Bertz CT molecular complexity index is 1830. The van der Waals surface area contributed by atoms with Crippen LogP contribution in [0.15, 0.2) is 25.3 Å². The van der Waals surface area contributed by atoms with E-state index in [9.17, 15) is 19.3 Å². The quantitative estimate of drug-likeness (QED) is 0.217. The van der Waals surface area contributed by atoms with Crippen LogP contribution in [0.2, 0.25) is 0 Å². The molecule has 46 heavy (non-hydrogen) atoms. The number of aliphatic hydroxyl groups is 2. The first-order valence-electron chi connectivity index (χ1n) is 13.9. The van der Waals surface area contributed by atoms with Gasteiger partial charge in [-0.1, -0.05) is 13.8 Å². The molecule has 3 aliphatic heterocycles. The van der Waals surface area contributed by atoms with E-state index in [0.717, 1.165) is 11.4 Å². The Hall–Kier alpha value is -2.94. The van der Waals surface area contributed by atoms with Crippen LogP contribution in [-0.2, 0) is 36.7 Å². The second-order valence-corrected chi connectivity index (χ2v) is 16.2. The third kappa shape index (κ3) is 5.64. The molecule has 3 fully saturated rings. The van der Waals surface area contributed by atoms with Crippen molar-refractivity contribution in [2.45, 2.75) is 68.2 Å². The zero-order valence-electron chi connectivity index (χ0n) is 24.1. The highest BCUT2D eigenvalue weighted by Crippen LogP contribution is 2.64. The number of rotatable bonds is 4. The van der Waals surface area contributed by atoms with Gasteiger partial charge in [-0.15, -0.1) is 9.05 Å². The smallest absolute Gasteiger partial charge is 0.387 e. The fourth-order valence-corrected chi connectivity index (χ4v) is 10.1. The van der Waals surface area contributed by atoms with Gasteiger partial charge in [0.2, 0.25) is 0 Å². The van der Waals surface area contributed by atoms with E-state index in [1.165, 1.54) is 34.4 Å². The molecule has 23 heteroatoms. The molecule has 3 aliphatic rings. The topological polar surface area (TPSA) is 269 Å². The number of nitrogens with zero attached hydrogens (tertiary/aromatic N) is 8. The van der Waals surface area contributed by atoms with Crippen molar-refractivity contribution < 1.29 is 46.9 Å². The number of imidazole rings is 2. The summed E-state index contributed by atoms with van der Waals surface area (Å²) in [7, 11) is -2.93. The zero-order chi connectivity index (χ0) is 32.3. The average molecular weight is 700 g/mol. The minimum Gasteiger partial charge on any atom is -0.387 e. The van der Waals surface area contributed by atoms with E-state index in [2.05, 4.69) is 29.9 Å². The monoisotopic (exact) mass is 699 g/mol. The number of nitrogens with two attached hydrogens (primary N) is 2. The van der Waals surface area contributed by atoms with E-state index in [-0.39, 0.29) is 39.2 Å². The molecule has 6 N–H and O–H groups in total. The highest BCUT2D eigenvalue weighted by atomic mass is 32.7. The largest absolute Gasteiger partial charge is 0.698 e. The van der Waals surface area contributed by atoms with Crippen LogP contribution >= 0.6 is 26.4 Å². The van der Waals surface area contributed by atoms with Crippen molar-refractivity contribution in [2.75, 3.05) is 24.7 Å². The summed E-state index contributed by atoms with van der Waals surface area (Å²) >= 11 is 0.893. The SMILES string of the molecule is CC(C)SP1(=O)OC[C@H]2O[C@@H](n3cnc4c(N)ncnc43)[C@H](O[P+](=O)OCC3O[C@@H](n4cnc5c(N)ncnc54)[C@H](O)[C@@H]3O1)[C@@H]2O. The molecule has 20 nitrogen and oxygen atoms in total. The average Bonchev–Trinajstić information content (AvgIpc) is 3.77. The third-order valence-corrected chi connectivity index (χ3v) is 12.5. The standard InChI is InChI=1S/C23H29N10O10P2S/c1-9(2)46-45(37)39-4-10-14(34)17(23(40-10)33-8-31-13-19(25)27-6-29-21(13)33)42-44(36)38-3-11-16(43-45)15(35)22(41-11)32-7-30-12-18(24)26-5-28-20(12)32/h5-11,14-17,22-23,34-35H,3-4H2,1-2H3,(H2,24,26,28)(H2,25,27,29)/q+1/t10-,11?,14-,15-,16-,17-,22-,23-,45?/m1/s1. The first-order valence-corrected chi connectivity index (χ1v) is 18.1. The van der Waals surface area contributed by atoms with Crippen molar-refractivity contribution in [3.05, 3.63) is 25.3 Å². The molecule has 7 rings (SSSR count). The molecule has 3 saturated heterocycles. The summed E-state index contributed by atoms with van der Waals surface area (Å²) in [5.41, 5.74) is 12.9. The van der Waals surface area contributed by atoms with E-state index in [0.29, 0.717) is 0 Å². The van der Waals surface area contributed by atoms with E-state index in [4.69, 9.17) is 39.0 Å². The van der Waals surface area contributed by atoms with Crippen LogP contribution in [0.25, 0.3) is 22.3 Å². The predicted molar refractivity (Wildman–Crippen MR) is 159 cm³/mol. The summed E-state index contributed by atoms with van der Waals surface area (Å²) in [6.07, 6.45) is -4.84. The van der Waals surface area contributed by atoms with Gasteiger partial charge in [0.15, 0.2) is 41.5 Å². The van der Waals surface area contributed by atoms with Crippen LogP contribution in [-0.4, -0.2) is 104 Å². The summed E-state index contributed by atoms with van der Waals surface area (Å²) in [4.78, 5) is 24.7. The Morgan fingerprint density at radius 3 is 2.13 bits per heavy atom. The zero-order valence-corrected chi connectivity index (χ0v) is 26.7. The number of aliphatic hydroxyl groups excluding tert-OH is 2. The molecule has 4 aromatic rings. The van der Waals surface area contributed by atoms with Gasteiger partial charge in [-0.25, -0.2) is 34.5 Å². The van der Waals surface area contributed by atoms with Gasteiger partial charge < -0.3 is 31.2 Å². The molecule has 246 valence electrons. The maximum atomic E-state index is 14.3. The summed E-state index contributed by atoms with van der Waals surface area (Å²) in [5.74, 6) is 0.238. The van der Waals surface area contributed by atoms with E-state index in [1.54, 1.807) is 13.8 Å². The van der Waals surface area contributed by atoms with Crippen LogP contribution in [0.3, 0.4) is 0 Å². The molecular weight excluding hydrogens is 670 g/mol. The maximum absolute atomic E-state index is 14.3. The molecule has 7 heterocycles. The molecule has 3 unspecified atom stereocenters. The lowest BCUT2D eigenvalue weighted by Gasteiger charge is -2.27. The fourth-order valence-electron chi connectivity index (χ4n) is 5.44. The Balaban J connectivity index is 1.21. The van der Waals surface area contributed by atoms with Gasteiger partial charge in [0.05, 0.1) is 19.3 Å². The minimum absolute atomic E-state index is 0.117. The number of hydrogen-bond acceptors (Lipinski definition) is 19. The first-order chi connectivity index (χ1) is 22.0. The van der Waals surface area contributed by atoms with Gasteiger partial charge in [0, 0.05) is 9.81 Å². The van der Waals surface area contributed by atoms with Crippen molar-refractivity contribution in [2.24, 2.45) is 0 Å². The summed E-state index contributed by atoms with van der Waals surface area (Å²) in [5, 5.41) is 22.5. The lowest BCUT2D eigenvalue weighted by atomic mass is 10.1. The summed E-state index contributed by atoms with van der Waals surface area (Å²) in [6.45, 7) is -1.42. The maximum Gasteiger partial charge on any atom is 0.698 e. The molecule has 0 radical (unpaired) electrons. The molecule has 2 bridgehead atoms. The molecular formula is C23H29N10O10P2S+. The molecule has 0 spiro atoms. The lowest BCUT2D eigenvalue weighted by Crippen LogP contribution is -2.36. The van der Waals surface area contributed by atoms with Gasteiger partial charge in [-0.3, -0.25) is 18.2 Å². The number of fused-ring (bicyclic) bond motifs is 5. The van der Waals surface area contributed by atoms with Crippen LogP contribution in [0.5, 0.6) is 0 Å². The van der Waals surface area contributed by atoms with Gasteiger partial charge in [0.1, 0.15) is 60.8 Å². The van der Waals surface area contributed by atoms with Crippen LogP contribution in [0.1, 0.15) is 26.3 Å². The highest BCUT2D eigenvalue weighted by molar-refractivity contribution is 8.55. The molecule has 10 atom stereocenters. The Labute approximate surface area is 264 Å². The second kappa shape index (κ2) is 12.3. The molecule has 4 aromatic heterocycles. The van der Waals surface area contributed by atoms with E-state index < -0.39 is 77.3 Å². The lowest BCUT2D eigenvalue weighted by molar-refractivity contribution is -0.0570. The normalized spacial score (nSPS) is 34.8. The van der Waals surface area contributed by atoms with Crippen LogP contribution < -0.4 is 11.5 Å².